The van der Waals surface area contributed by atoms with Crippen molar-refractivity contribution in [3.8, 4) is 0 Å². The van der Waals surface area contributed by atoms with Crippen molar-refractivity contribution in [1.82, 2.24) is 0 Å². The summed E-state index contributed by atoms with van der Waals surface area (Å²) in [7, 11) is 0. The highest BCUT2D eigenvalue weighted by Gasteiger charge is 2.32. The molecule has 1 aromatic carbocycles. The van der Waals surface area contributed by atoms with E-state index in [1.165, 1.54) is 44.1 Å². The van der Waals surface area contributed by atoms with Crippen LogP contribution in [0.15, 0.2) is 36.9 Å². The van der Waals surface area contributed by atoms with Crippen molar-refractivity contribution < 1.29 is 13.9 Å². The molecule has 0 saturated heterocycles. The van der Waals surface area contributed by atoms with E-state index < -0.39 is 0 Å². The second-order valence-corrected chi connectivity index (χ2v) is 7.68. The Morgan fingerprint density at radius 2 is 1.56 bits per heavy atom. The first-order valence-electron chi connectivity index (χ1n) is 9.71. The quantitative estimate of drug-likeness (QED) is 0.500. The number of hydrogen-bond acceptors (Lipinski definition) is 2. The fourth-order valence-electron chi connectivity index (χ4n) is 4.69. The van der Waals surface area contributed by atoms with Gasteiger partial charge in [0.1, 0.15) is 11.9 Å². The average molecular weight is 344 g/mol. The van der Waals surface area contributed by atoms with Gasteiger partial charge in [0.15, 0.2) is 0 Å². The van der Waals surface area contributed by atoms with Crippen LogP contribution in [-0.4, -0.2) is 12.1 Å². The standard InChI is InChI=1S/C22H29FO2/c1-2-3-22(24)25-21-14-10-19(11-15-21)17-6-4-16(5-7-17)18-8-12-20(23)13-9-18/h2,8-9,12-13,16-17,19,21H,1,3-7,10-11,14-15H2/t16-,17-,19-,21-. The Hall–Kier alpha value is -1.64. The van der Waals surface area contributed by atoms with E-state index in [4.69, 9.17) is 4.74 Å². The lowest BCUT2D eigenvalue weighted by Crippen LogP contribution is -2.29. The number of hydrogen-bond donors (Lipinski definition) is 0. The van der Waals surface area contributed by atoms with Gasteiger partial charge < -0.3 is 4.74 Å². The summed E-state index contributed by atoms with van der Waals surface area (Å²) in [5.74, 6) is 1.89. The van der Waals surface area contributed by atoms with Gasteiger partial charge in [-0.1, -0.05) is 18.2 Å². The summed E-state index contributed by atoms with van der Waals surface area (Å²) < 4.78 is 18.6. The summed E-state index contributed by atoms with van der Waals surface area (Å²) in [4.78, 5) is 11.6. The fourth-order valence-corrected chi connectivity index (χ4v) is 4.69. The molecule has 3 rings (SSSR count). The van der Waals surface area contributed by atoms with Crippen molar-refractivity contribution in [1.29, 1.82) is 0 Å². The molecule has 2 aliphatic rings. The molecule has 2 aliphatic carbocycles. The maximum Gasteiger partial charge on any atom is 0.309 e. The normalized spacial score (nSPS) is 29.8. The Morgan fingerprint density at radius 1 is 1.00 bits per heavy atom. The number of carbonyl (C=O) groups excluding carboxylic acids is 1. The molecule has 3 heteroatoms. The van der Waals surface area contributed by atoms with Gasteiger partial charge in [-0.3, -0.25) is 4.79 Å². The van der Waals surface area contributed by atoms with E-state index in [1.54, 1.807) is 18.2 Å². The summed E-state index contributed by atoms with van der Waals surface area (Å²) in [5, 5.41) is 0. The van der Waals surface area contributed by atoms with Gasteiger partial charge in [-0.2, -0.15) is 0 Å². The largest absolute Gasteiger partial charge is 0.462 e. The maximum absolute atomic E-state index is 13.1. The summed E-state index contributed by atoms with van der Waals surface area (Å²) in [6, 6.07) is 7.05. The van der Waals surface area contributed by atoms with Crippen LogP contribution < -0.4 is 0 Å². The van der Waals surface area contributed by atoms with Gasteiger partial charge in [0, 0.05) is 0 Å². The second-order valence-electron chi connectivity index (χ2n) is 7.68. The Bertz CT molecular complexity index is 564. The van der Waals surface area contributed by atoms with E-state index in [9.17, 15) is 9.18 Å². The smallest absolute Gasteiger partial charge is 0.309 e. The summed E-state index contributed by atoms with van der Waals surface area (Å²) >= 11 is 0. The van der Waals surface area contributed by atoms with Crippen molar-refractivity contribution >= 4 is 5.97 Å². The highest BCUT2D eigenvalue weighted by molar-refractivity contribution is 5.71. The molecule has 2 nitrogen and oxygen atoms in total. The lowest BCUT2D eigenvalue weighted by Gasteiger charge is -2.37. The molecule has 0 unspecified atom stereocenters. The molecular formula is C22H29FO2. The summed E-state index contributed by atoms with van der Waals surface area (Å²) in [6.07, 6.45) is 11.4. The maximum atomic E-state index is 13.1. The van der Waals surface area contributed by atoms with Crippen molar-refractivity contribution in [3.05, 3.63) is 48.3 Å². The third-order valence-electron chi connectivity index (χ3n) is 6.11. The molecule has 0 amide bonds. The lowest BCUT2D eigenvalue weighted by atomic mass is 9.69. The molecule has 2 fully saturated rings. The van der Waals surface area contributed by atoms with Gasteiger partial charge in [0.2, 0.25) is 0 Å². The van der Waals surface area contributed by atoms with E-state index in [0.717, 1.165) is 24.7 Å². The molecule has 25 heavy (non-hydrogen) atoms. The second kappa shape index (κ2) is 8.64. The van der Waals surface area contributed by atoms with Crippen LogP contribution in [-0.2, 0) is 9.53 Å². The van der Waals surface area contributed by atoms with Crippen LogP contribution in [0.2, 0.25) is 0 Å². The molecule has 0 radical (unpaired) electrons. The van der Waals surface area contributed by atoms with E-state index in [1.807, 2.05) is 12.1 Å². The van der Waals surface area contributed by atoms with E-state index in [0.29, 0.717) is 12.3 Å². The first-order chi connectivity index (χ1) is 12.2. The monoisotopic (exact) mass is 344 g/mol. The minimum Gasteiger partial charge on any atom is -0.462 e. The van der Waals surface area contributed by atoms with E-state index in [2.05, 4.69) is 6.58 Å². The molecule has 0 bridgehead atoms. The molecule has 0 aliphatic heterocycles. The molecule has 1 aromatic rings. The lowest BCUT2D eigenvalue weighted by molar-refractivity contribution is -0.150. The third kappa shape index (κ3) is 4.93. The summed E-state index contributed by atoms with van der Waals surface area (Å²) in [6.45, 7) is 3.58. The van der Waals surface area contributed by atoms with Gasteiger partial charge in [-0.25, -0.2) is 4.39 Å². The SMILES string of the molecule is C=CCC(=O)O[C@H]1CC[C@H]([C@H]2CC[C@H](c3ccc(F)cc3)CC2)CC1. The van der Waals surface area contributed by atoms with Crippen LogP contribution in [0.1, 0.15) is 69.3 Å². The summed E-state index contributed by atoms with van der Waals surface area (Å²) in [5.41, 5.74) is 1.29. The topological polar surface area (TPSA) is 26.3 Å². The Morgan fingerprint density at radius 3 is 2.12 bits per heavy atom. The van der Waals surface area contributed by atoms with Crippen LogP contribution in [0.3, 0.4) is 0 Å². The van der Waals surface area contributed by atoms with Crippen molar-refractivity contribution in [2.45, 2.75) is 69.8 Å². The van der Waals surface area contributed by atoms with Crippen LogP contribution in [0.4, 0.5) is 4.39 Å². The van der Waals surface area contributed by atoms with E-state index in [-0.39, 0.29) is 17.9 Å². The van der Waals surface area contributed by atoms with Crippen LogP contribution >= 0.6 is 0 Å². The first kappa shape index (κ1) is 18.2. The molecule has 2 saturated carbocycles. The van der Waals surface area contributed by atoms with Crippen molar-refractivity contribution in [2.24, 2.45) is 11.8 Å². The zero-order chi connectivity index (χ0) is 17.6. The number of carbonyl (C=O) groups is 1. The number of halogens is 1. The predicted octanol–water partition coefficient (Wildman–Crippen LogP) is 5.78. The number of rotatable bonds is 5. The molecule has 0 aromatic heterocycles. The highest BCUT2D eigenvalue weighted by Crippen LogP contribution is 2.43. The van der Waals surface area contributed by atoms with Gasteiger partial charge in [0.05, 0.1) is 6.42 Å². The Labute approximate surface area is 150 Å². The number of esters is 1. The molecule has 0 N–H and O–H groups in total. The first-order valence-corrected chi connectivity index (χ1v) is 9.71. The van der Waals surface area contributed by atoms with Gasteiger partial charge in [-0.05, 0) is 86.8 Å². The van der Waals surface area contributed by atoms with Crippen molar-refractivity contribution in [2.75, 3.05) is 0 Å². The van der Waals surface area contributed by atoms with Crippen LogP contribution in [0, 0.1) is 17.7 Å². The van der Waals surface area contributed by atoms with Crippen LogP contribution in [0.5, 0.6) is 0 Å². The van der Waals surface area contributed by atoms with Gasteiger partial charge in [-0.15, -0.1) is 6.58 Å². The molecular weight excluding hydrogens is 315 g/mol. The minimum atomic E-state index is -0.150. The zero-order valence-electron chi connectivity index (χ0n) is 15.0. The van der Waals surface area contributed by atoms with Gasteiger partial charge in [0.25, 0.3) is 0 Å². The highest BCUT2D eigenvalue weighted by atomic mass is 19.1. The molecule has 136 valence electrons. The predicted molar refractivity (Wildman–Crippen MR) is 97.8 cm³/mol. The third-order valence-corrected chi connectivity index (χ3v) is 6.11. The van der Waals surface area contributed by atoms with Gasteiger partial charge >= 0.3 is 5.97 Å². The molecule has 0 spiro atoms. The Balaban J connectivity index is 1.42. The zero-order valence-corrected chi connectivity index (χ0v) is 15.0. The van der Waals surface area contributed by atoms with Crippen LogP contribution in [0.25, 0.3) is 0 Å². The number of benzene rings is 1. The fraction of sp³-hybridized carbons (Fsp3) is 0.591. The van der Waals surface area contributed by atoms with E-state index >= 15 is 0 Å². The Kier molecular flexibility index (Phi) is 6.28. The number of ether oxygens (including phenoxy) is 1. The minimum absolute atomic E-state index is 0.110. The molecule has 0 atom stereocenters. The molecule has 0 heterocycles. The average Bonchev–Trinajstić information content (AvgIpc) is 2.63. The van der Waals surface area contributed by atoms with Crippen molar-refractivity contribution in [3.63, 3.8) is 0 Å².